The lowest BCUT2D eigenvalue weighted by Gasteiger charge is -2.24. The smallest absolute Gasteiger partial charge is 0.285 e. The molecule has 15 heteroatoms. The average Bonchev–Trinajstić information content (AvgIpc) is 3.20. The summed E-state index contributed by atoms with van der Waals surface area (Å²) >= 11 is 6.03. The molecular weight excluding hydrogens is 582 g/mol. The molecule has 1 saturated carbocycles. The third-order valence-electron chi connectivity index (χ3n) is 7.92. The number of aryl methyl sites for hydroxylation is 2. The fourth-order valence-electron chi connectivity index (χ4n) is 5.99. The number of nitrogens with zero attached hydrogens (tertiary/aromatic N) is 7. The van der Waals surface area contributed by atoms with Crippen LogP contribution in [0.1, 0.15) is 46.3 Å². The number of benzene rings is 1. The van der Waals surface area contributed by atoms with Gasteiger partial charge >= 0.3 is 0 Å². The average molecular weight is 612 g/mol. The number of anilines is 2. The number of piperidine rings is 1. The van der Waals surface area contributed by atoms with Crippen LogP contribution in [-0.2, 0) is 24.1 Å². The van der Waals surface area contributed by atoms with Crippen molar-refractivity contribution in [3.63, 3.8) is 0 Å². The Balaban J connectivity index is 1.33. The van der Waals surface area contributed by atoms with Crippen LogP contribution in [0.5, 0.6) is 0 Å². The maximum absolute atomic E-state index is 13.6. The summed E-state index contributed by atoms with van der Waals surface area (Å²) in [5.41, 5.74) is 2.11. The Morgan fingerprint density at radius 2 is 1.86 bits per heavy atom. The predicted molar refractivity (Wildman–Crippen MR) is 158 cm³/mol. The Labute approximate surface area is 247 Å². The summed E-state index contributed by atoms with van der Waals surface area (Å²) < 4.78 is 28.6. The van der Waals surface area contributed by atoms with E-state index in [2.05, 4.69) is 25.3 Å². The number of halogens is 1. The lowest BCUT2D eigenvalue weighted by molar-refractivity contribution is 0.0977. The molecular formula is C27H30ClN9O4S. The summed E-state index contributed by atoms with van der Waals surface area (Å²) in [7, 11) is -0.229. The molecule has 2 N–H and O–H groups in total. The molecule has 1 saturated heterocycles. The minimum Gasteiger partial charge on any atom is -0.377 e. The van der Waals surface area contributed by atoms with Gasteiger partial charge in [-0.05, 0) is 49.4 Å². The van der Waals surface area contributed by atoms with Gasteiger partial charge in [0.25, 0.3) is 11.5 Å². The van der Waals surface area contributed by atoms with Crippen LogP contribution >= 0.6 is 11.6 Å². The van der Waals surface area contributed by atoms with Crippen molar-refractivity contribution in [3.8, 4) is 0 Å². The summed E-state index contributed by atoms with van der Waals surface area (Å²) in [4.78, 5) is 42.0. The van der Waals surface area contributed by atoms with Crippen LogP contribution in [0.15, 0.2) is 35.4 Å². The quantitative estimate of drug-likeness (QED) is 0.297. The predicted octanol–water partition coefficient (Wildman–Crippen LogP) is 2.13. The maximum Gasteiger partial charge on any atom is 0.285 e. The molecule has 0 spiro atoms. The molecule has 3 aromatic heterocycles. The van der Waals surface area contributed by atoms with Gasteiger partial charge in [-0.15, -0.1) is 0 Å². The highest BCUT2D eigenvalue weighted by molar-refractivity contribution is 7.89. The molecule has 6 rings (SSSR count). The molecule has 2 aliphatic rings. The lowest BCUT2D eigenvalue weighted by Crippen LogP contribution is -2.32. The van der Waals surface area contributed by atoms with Crippen molar-refractivity contribution in [2.24, 2.45) is 25.9 Å². The number of pyridine rings is 1. The molecule has 2 fully saturated rings. The molecule has 42 heavy (non-hydrogen) atoms. The minimum atomic E-state index is -3.83. The highest BCUT2D eigenvalue weighted by Gasteiger charge is 2.58. The summed E-state index contributed by atoms with van der Waals surface area (Å²) in [5.74, 6) is 1.69. The van der Waals surface area contributed by atoms with Crippen molar-refractivity contribution in [1.82, 2.24) is 34.0 Å². The van der Waals surface area contributed by atoms with Gasteiger partial charge in [0.1, 0.15) is 11.5 Å². The molecule has 1 unspecified atom stereocenters. The number of hydrogen-bond acceptors (Lipinski definition) is 10. The first kappa shape index (κ1) is 28.1. The minimum absolute atomic E-state index is 0.0346. The number of hydrogen-bond donors (Lipinski definition) is 2. The zero-order chi connectivity index (χ0) is 30.1. The first-order valence-corrected chi connectivity index (χ1v) is 15.6. The molecule has 4 heterocycles. The van der Waals surface area contributed by atoms with E-state index >= 15 is 0 Å². The first-order valence-electron chi connectivity index (χ1n) is 13.4. The topological polar surface area (TPSA) is 157 Å². The number of sulfonamides is 1. The van der Waals surface area contributed by atoms with Gasteiger partial charge in [0, 0.05) is 38.7 Å². The molecule has 1 amide bonds. The van der Waals surface area contributed by atoms with Crippen LogP contribution in [0.25, 0.3) is 10.9 Å². The highest BCUT2D eigenvalue weighted by Crippen LogP contribution is 2.57. The molecule has 1 aliphatic carbocycles. The summed E-state index contributed by atoms with van der Waals surface area (Å²) in [6, 6.07) is 6.38. The van der Waals surface area contributed by atoms with Gasteiger partial charge in [0.15, 0.2) is 11.5 Å². The molecule has 4 aromatic rings. The highest BCUT2D eigenvalue weighted by atomic mass is 35.5. The normalized spacial score (nSPS) is 20.4. The number of amides is 1. The fraction of sp³-hybridized carbons (Fsp3) is 0.407. The second-order valence-corrected chi connectivity index (χ2v) is 13.3. The summed E-state index contributed by atoms with van der Waals surface area (Å²) in [6.07, 6.45) is 2.60. The first-order chi connectivity index (χ1) is 19.8. The number of rotatable bonds is 7. The molecule has 0 bridgehead atoms. The summed E-state index contributed by atoms with van der Waals surface area (Å²) in [6.45, 7) is 5.28. The van der Waals surface area contributed by atoms with Crippen LogP contribution in [0.2, 0.25) is 5.15 Å². The molecule has 4 atom stereocenters. The Bertz CT molecular complexity index is 1910. The fourth-order valence-corrected chi connectivity index (χ4v) is 6.57. The molecule has 1 aliphatic heterocycles. The lowest BCUT2D eigenvalue weighted by atomic mass is 10.0. The Morgan fingerprint density at radius 1 is 1.14 bits per heavy atom. The van der Waals surface area contributed by atoms with E-state index in [1.54, 1.807) is 28.7 Å². The Morgan fingerprint density at radius 3 is 2.50 bits per heavy atom. The zero-order valence-corrected chi connectivity index (χ0v) is 25.2. The number of fused-ring (bicyclic) bond motifs is 2. The van der Waals surface area contributed by atoms with Crippen LogP contribution < -0.4 is 20.5 Å². The van der Waals surface area contributed by atoms with Crippen molar-refractivity contribution in [3.05, 3.63) is 68.7 Å². The van der Waals surface area contributed by atoms with E-state index in [1.165, 1.54) is 6.07 Å². The second kappa shape index (κ2) is 10.1. The standard InChI is InChI=1S/C27H30ClN9O4S/c1-13-8-15(14(2)30-19-6-7-20(28)31-23(19)25(38)34-42(5,40)41)22-16(9-13)26(39)36(4)27(32-22)37-10-17-18(11-37)21(17)24-29-12-35(3)33-24/h6-9,12,14,17-18,21,30H,10-11H2,1-5H3,(H,34,38)/t14-,17-,18+,21?/m1/s1. The van der Waals surface area contributed by atoms with E-state index in [4.69, 9.17) is 16.6 Å². The van der Waals surface area contributed by atoms with E-state index in [1.807, 2.05) is 37.7 Å². The third-order valence-corrected chi connectivity index (χ3v) is 8.68. The Kier molecular flexibility index (Phi) is 6.72. The van der Waals surface area contributed by atoms with E-state index in [0.29, 0.717) is 34.6 Å². The SMILES string of the molecule is Cc1cc([C@@H](C)Nc2ccc(Cl)nc2C(=O)NS(C)(=O)=O)c2nc(N3C[C@@H]4C(c5ncn(C)n5)[C@@H]4C3)n(C)c(=O)c2c1. The monoisotopic (exact) mass is 611 g/mol. The molecule has 13 nitrogen and oxygen atoms in total. The van der Waals surface area contributed by atoms with Crippen molar-refractivity contribution < 1.29 is 13.2 Å². The largest absolute Gasteiger partial charge is 0.377 e. The molecule has 220 valence electrons. The van der Waals surface area contributed by atoms with E-state index < -0.39 is 22.0 Å². The van der Waals surface area contributed by atoms with Gasteiger partial charge in [-0.25, -0.2) is 28.1 Å². The van der Waals surface area contributed by atoms with Gasteiger partial charge in [-0.3, -0.25) is 18.8 Å². The van der Waals surface area contributed by atoms with Gasteiger partial charge in [0.2, 0.25) is 16.0 Å². The van der Waals surface area contributed by atoms with Gasteiger partial charge in [0.05, 0.1) is 28.9 Å². The second-order valence-electron chi connectivity index (χ2n) is 11.2. The summed E-state index contributed by atoms with van der Waals surface area (Å²) in [5, 5.41) is 8.24. The maximum atomic E-state index is 13.6. The molecule has 1 aromatic carbocycles. The van der Waals surface area contributed by atoms with Crippen molar-refractivity contribution in [2.75, 3.05) is 29.6 Å². The van der Waals surface area contributed by atoms with Gasteiger partial charge in [-0.1, -0.05) is 17.7 Å². The number of nitrogens with one attached hydrogen (secondary N) is 2. The Hall–Kier alpha value is -4.04. The van der Waals surface area contributed by atoms with Crippen molar-refractivity contribution in [1.29, 1.82) is 0 Å². The molecule has 0 radical (unpaired) electrons. The van der Waals surface area contributed by atoms with Crippen LogP contribution in [0, 0.1) is 18.8 Å². The zero-order valence-electron chi connectivity index (χ0n) is 23.7. The van der Waals surface area contributed by atoms with Crippen molar-refractivity contribution >= 4 is 50.1 Å². The van der Waals surface area contributed by atoms with E-state index in [-0.39, 0.29) is 22.1 Å². The van der Waals surface area contributed by atoms with E-state index in [0.717, 1.165) is 36.3 Å². The van der Waals surface area contributed by atoms with E-state index in [9.17, 15) is 18.0 Å². The number of carbonyl (C=O) groups is 1. The van der Waals surface area contributed by atoms with Gasteiger partial charge in [-0.2, -0.15) is 5.10 Å². The van der Waals surface area contributed by atoms with Crippen LogP contribution in [0.3, 0.4) is 0 Å². The van der Waals surface area contributed by atoms with Gasteiger partial charge < -0.3 is 10.2 Å². The number of carbonyl (C=O) groups excluding carboxylic acids is 1. The van der Waals surface area contributed by atoms with Crippen LogP contribution in [0.4, 0.5) is 11.6 Å². The third kappa shape index (κ3) is 5.09. The van der Waals surface area contributed by atoms with Crippen molar-refractivity contribution in [2.45, 2.75) is 25.8 Å². The van der Waals surface area contributed by atoms with Crippen LogP contribution in [-0.4, -0.2) is 63.0 Å². The number of aromatic nitrogens is 6.